The van der Waals surface area contributed by atoms with Gasteiger partial charge in [-0.2, -0.15) is 0 Å². The summed E-state index contributed by atoms with van der Waals surface area (Å²) in [5.74, 6) is 1.81. The third-order valence-electron chi connectivity index (χ3n) is 1.28. The lowest BCUT2D eigenvalue weighted by Gasteiger charge is -1.97. The Morgan fingerprint density at radius 3 is 2.14 bits per heavy atom. The molecule has 0 aromatic heterocycles. The molecule has 0 aliphatic heterocycles. The monoisotopic (exact) mass is 97.1 g/mol. The van der Waals surface area contributed by atoms with E-state index in [1.807, 2.05) is 0 Å². The van der Waals surface area contributed by atoms with Crippen molar-refractivity contribution in [1.82, 2.24) is 0 Å². The zero-order valence-corrected chi connectivity index (χ0v) is 5.15. The maximum Gasteiger partial charge on any atom is -0.0329 e. The molecule has 1 aliphatic rings. The Labute approximate surface area is 45.9 Å². The van der Waals surface area contributed by atoms with Gasteiger partial charge in [0.2, 0.25) is 0 Å². The fourth-order valence-corrected chi connectivity index (χ4v) is 0.833. The van der Waals surface area contributed by atoms with Crippen molar-refractivity contribution in [2.75, 3.05) is 0 Å². The van der Waals surface area contributed by atoms with Crippen LogP contribution in [0.15, 0.2) is 0 Å². The topological polar surface area (TPSA) is 0 Å². The zero-order chi connectivity index (χ0) is 5.28. The molecule has 0 nitrogen and oxygen atoms in total. The molecule has 0 heteroatoms. The van der Waals surface area contributed by atoms with E-state index in [0.29, 0.717) is 0 Å². The highest BCUT2D eigenvalue weighted by Gasteiger charge is 2.21. The Balaban J connectivity index is 1.97. The van der Waals surface area contributed by atoms with Crippen LogP contribution in [-0.2, 0) is 0 Å². The van der Waals surface area contributed by atoms with Crippen LogP contribution >= 0.6 is 0 Å². The Morgan fingerprint density at radius 2 is 2.00 bits per heavy atom. The highest BCUT2D eigenvalue weighted by Crippen LogP contribution is 2.33. The molecule has 0 spiro atoms. The van der Waals surface area contributed by atoms with E-state index in [-0.39, 0.29) is 0 Å². The average Bonchev–Trinajstić information content (AvgIpc) is 2.17. The second kappa shape index (κ2) is 1.85. The van der Waals surface area contributed by atoms with E-state index in [1.165, 1.54) is 12.8 Å². The van der Waals surface area contributed by atoms with Gasteiger partial charge < -0.3 is 0 Å². The molecule has 0 amide bonds. The van der Waals surface area contributed by atoms with Gasteiger partial charge in [0.1, 0.15) is 0 Å². The Kier molecular flexibility index (Phi) is 1.36. The van der Waals surface area contributed by atoms with Crippen LogP contribution in [0.5, 0.6) is 0 Å². The molecule has 1 fully saturated rings. The van der Waals surface area contributed by atoms with Crippen LogP contribution in [0, 0.1) is 18.3 Å². The van der Waals surface area contributed by atoms with Crippen LogP contribution < -0.4 is 0 Å². The summed E-state index contributed by atoms with van der Waals surface area (Å²) < 4.78 is 0. The van der Waals surface area contributed by atoms with Crippen molar-refractivity contribution in [3.05, 3.63) is 6.42 Å². The molecule has 7 heavy (non-hydrogen) atoms. The Hall–Kier alpha value is 0. The zero-order valence-electron chi connectivity index (χ0n) is 5.15. The molecule has 0 aromatic carbocycles. The molecule has 0 saturated heterocycles. The minimum atomic E-state index is 0.812. The SMILES string of the molecule is CC(C)[CH]C1CC1. The van der Waals surface area contributed by atoms with Crippen LogP contribution in [-0.4, -0.2) is 0 Å². The number of hydrogen-bond acceptors (Lipinski definition) is 0. The van der Waals surface area contributed by atoms with Crippen molar-refractivity contribution >= 4 is 0 Å². The first kappa shape index (κ1) is 5.14. The smallest absolute Gasteiger partial charge is 0.0329 e. The van der Waals surface area contributed by atoms with Crippen molar-refractivity contribution < 1.29 is 0 Å². The largest absolute Gasteiger partial charge is 0.0625 e. The summed E-state index contributed by atoms with van der Waals surface area (Å²) in [4.78, 5) is 0. The number of hydrogen-bond donors (Lipinski definition) is 0. The molecule has 0 heterocycles. The highest BCUT2D eigenvalue weighted by atomic mass is 14.3. The third-order valence-corrected chi connectivity index (χ3v) is 1.28. The highest BCUT2D eigenvalue weighted by molar-refractivity contribution is 4.88. The van der Waals surface area contributed by atoms with Gasteiger partial charge in [0.15, 0.2) is 0 Å². The molecule has 41 valence electrons. The van der Waals surface area contributed by atoms with Crippen LogP contribution in [0.25, 0.3) is 0 Å². The first-order valence-corrected chi connectivity index (χ1v) is 3.14. The Morgan fingerprint density at radius 1 is 1.43 bits per heavy atom. The molecule has 1 radical (unpaired) electrons. The van der Waals surface area contributed by atoms with Gasteiger partial charge in [-0.1, -0.05) is 13.8 Å². The third kappa shape index (κ3) is 1.96. The molecule has 0 atom stereocenters. The van der Waals surface area contributed by atoms with Gasteiger partial charge in [0.05, 0.1) is 0 Å². The molecule has 0 bridgehead atoms. The maximum atomic E-state index is 2.44. The summed E-state index contributed by atoms with van der Waals surface area (Å²) in [6, 6.07) is 0. The lowest BCUT2D eigenvalue weighted by atomic mass is 10.1. The minimum Gasteiger partial charge on any atom is -0.0625 e. The second-order valence-electron chi connectivity index (χ2n) is 2.77. The fraction of sp³-hybridized carbons (Fsp3) is 0.857. The lowest BCUT2D eigenvalue weighted by molar-refractivity contribution is 0.694. The van der Waals surface area contributed by atoms with E-state index in [9.17, 15) is 0 Å². The fourth-order valence-electron chi connectivity index (χ4n) is 0.833. The van der Waals surface area contributed by atoms with E-state index in [0.717, 1.165) is 11.8 Å². The molecule has 1 rings (SSSR count). The van der Waals surface area contributed by atoms with Crippen LogP contribution in [0.3, 0.4) is 0 Å². The molecule has 1 saturated carbocycles. The van der Waals surface area contributed by atoms with E-state index in [4.69, 9.17) is 0 Å². The quantitative estimate of drug-likeness (QED) is 0.495. The van der Waals surface area contributed by atoms with Crippen molar-refractivity contribution in [1.29, 1.82) is 0 Å². The molecule has 0 N–H and O–H groups in total. The van der Waals surface area contributed by atoms with Gasteiger partial charge in [-0.25, -0.2) is 0 Å². The summed E-state index contributed by atoms with van der Waals surface area (Å²) in [5.41, 5.74) is 0. The van der Waals surface area contributed by atoms with Crippen molar-refractivity contribution in [2.24, 2.45) is 11.8 Å². The second-order valence-corrected chi connectivity index (χ2v) is 2.77. The van der Waals surface area contributed by atoms with Gasteiger partial charge in [-0.15, -0.1) is 0 Å². The molecule has 0 aromatic rings. The molecular formula is C7H13. The van der Waals surface area contributed by atoms with Crippen LogP contribution in [0.1, 0.15) is 26.7 Å². The van der Waals surface area contributed by atoms with Crippen molar-refractivity contribution in [3.63, 3.8) is 0 Å². The summed E-state index contributed by atoms with van der Waals surface area (Å²) >= 11 is 0. The lowest BCUT2D eigenvalue weighted by Crippen LogP contribution is -1.87. The van der Waals surface area contributed by atoms with E-state index in [2.05, 4.69) is 20.3 Å². The average molecular weight is 97.2 g/mol. The van der Waals surface area contributed by atoms with Gasteiger partial charge in [-0.05, 0) is 31.1 Å². The predicted molar refractivity (Wildman–Crippen MR) is 31.9 cm³/mol. The summed E-state index contributed by atoms with van der Waals surface area (Å²) in [7, 11) is 0. The summed E-state index contributed by atoms with van der Waals surface area (Å²) in [5, 5.41) is 0. The van der Waals surface area contributed by atoms with E-state index in [1.54, 1.807) is 0 Å². The Bertz CT molecular complexity index is 51.1. The maximum absolute atomic E-state index is 2.44. The van der Waals surface area contributed by atoms with Crippen molar-refractivity contribution in [3.8, 4) is 0 Å². The van der Waals surface area contributed by atoms with Crippen LogP contribution in [0.4, 0.5) is 0 Å². The van der Waals surface area contributed by atoms with Gasteiger partial charge >= 0.3 is 0 Å². The normalized spacial score (nSPS) is 21.0. The standard InChI is InChI=1S/C7H13/c1-6(2)5-7-3-4-7/h5-7H,3-4H2,1-2H3. The van der Waals surface area contributed by atoms with E-state index >= 15 is 0 Å². The molecule has 0 unspecified atom stereocenters. The summed E-state index contributed by atoms with van der Waals surface area (Å²) in [6.07, 6.45) is 5.36. The van der Waals surface area contributed by atoms with Gasteiger partial charge in [0, 0.05) is 0 Å². The van der Waals surface area contributed by atoms with E-state index < -0.39 is 0 Å². The summed E-state index contributed by atoms with van der Waals surface area (Å²) in [6.45, 7) is 4.50. The van der Waals surface area contributed by atoms with Crippen molar-refractivity contribution in [2.45, 2.75) is 26.7 Å². The predicted octanol–water partition coefficient (Wildman–Crippen LogP) is 2.26. The molecule has 1 aliphatic carbocycles. The first-order chi connectivity index (χ1) is 3.29. The number of rotatable bonds is 2. The first-order valence-electron chi connectivity index (χ1n) is 3.14. The van der Waals surface area contributed by atoms with Crippen LogP contribution in [0.2, 0.25) is 0 Å². The minimum absolute atomic E-state index is 0.812. The van der Waals surface area contributed by atoms with Gasteiger partial charge in [-0.3, -0.25) is 0 Å². The van der Waals surface area contributed by atoms with Gasteiger partial charge in [0.25, 0.3) is 0 Å². The molecular weight excluding hydrogens is 84.1 g/mol.